The first kappa shape index (κ1) is 18.5. The van der Waals surface area contributed by atoms with Crippen molar-refractivity contribution in [1.82, 2.24) is 20.3 Å². The Kier molecular flexibility index (Phi) is 4.58. The third-order valence-electron chi connectivity index (χ3n) is 5.33. The molecule has 2 aromatic heterocycles. The van der Waals surface area contributed by atoms with E-state index in [1.807, 2.05) is 39.0 Å². The highest BCUT2D eigenvalue weighted by atomic mass is 16.3. The largest absolute Gasteiger partial charge is 0.388 e. The van der Waals surface area contributed by atoms with Crippen LogP contribution in [0.4, 0.5) is 16.3 Å². The molecule has 148 valence electrons. The number of aliphatic hydroxyl groups is 1. The average molecular weight is 382 g/mol. The standard InChI is InChI=1S/C20H26N6O2/c1-4-21-19(27)24-13-8-5-7-12-15-17(25-16(12)13)22-11-23-18(15)26-10-6-9-14(26)20(2,3)28/h5,7-8,11,14,28H,4,6,9-10H2,1-3H3,(H2,21,24,27)(H,22,23,25)/t14-/m1/s1. The molecule has 0 bridgehead atoms. The molecule has 2 amide bonds. The molecular formula is C20H26N6O2. The fourth-order valence-electron chi connectivity index (χ4n) is 4.14. The van der Waals surface area contributed by atoms with Crippen LogP contribution in [0.2, 0.25) is 0 Å². The lowest BCUT2D eigenvalue weighted by atomic mass is 9.96. The third kappa shape index (κ3) is 3.13. The second kappa shape index (κ2) is 6.94. The zero-order valence-electron chi connectivity index (χ0n) is 16.4. The summed E-state index contributed by atoms with van der Waals surface area (Å²) in [7, 11) is 0. The van der Waals surface area contributed by atoms with Gasteiger partial charge in [0.1, 0.15) is 17.8 Å². The highest BCUT2D eigenvalue weighted by Crippen LogP contribution is 2.38. The van der Waals surface area contributed by atoms with E-state index in [1.165, 1.54) is 0 Å². The van der Waals surface area contributed by atoms with Gasteiger partial charge in [-0.25, -0.2) is 14.8 Å². The van der Waals surface area contributed by atoms with Crippen molar-refractivity contribution in [2.24, 2.45) is 0 Å². The van der Waals surface area contributed by atoms with Gasteiger partial charge in [0.25, 0.3) is 0 Å². The molecular weight excluding hydrogens is 356 g/mol. The van der Waals surface area contributed by atoms with Gasteiger partial charge in [-0.1, -0.05) is 12.1 Å². The number of carbonyl (C=O) groups excluding carboxylic acids is 1. The van der Waals surface area contributed by atoms with Crippen molar-refractivity contribution in [2.75, 3.05) is 23.3 Å². The number of anilines is 2. The Hall–Kier alpha value is -2.87. The van der Waals surface area contributed by atoms with E-state index in [2.05, 4.69) is 30.5 Å². The Morgan fingerprint density at radius 1 is 1.39 bits per heavy atom. The van der Waals surface area contributed by atoms with Crippen LogP contribution in [0.3, 0.4) is 0 Å². The third-order valence-corrected chi connectivity index (χ3v) is 5.33. The molecule has 0 spiro atoms. The van der Waals surface area contributed by atoms with Crippen molar-refractivity contribution in [3.8, 4) is 0 Å². The maximum absolute atomic E-state index is 12.0. The van der Waals surface area contributed by atoms with Crippen molar-refractivity contribution in [3.05, 3.63) is 24.5 Å². The number of nitrogens with one attached hydrogen (secondary N) is 3. The van der Waals surface area contributed by atoms with Crippen LogP contribution in [0.15, 0.2) is 24.5 Å². The van der Waals surface area contributed by atoms with E-state index < -0.39 is 5.60 Å². The summed E-state index contributed by atoms with van der Waals surface area (Å²) in [4.78, 5) is 26.5. The Morgan fingerprint density at radius 2 is 2.21 bits per heavy atom. The van der Waals surface area contributed by atoms with Gasteiger partial charge in [0.15, 0.2) is 0 Å². The molecule has 0 saturated carbocycles. The zero-order valence-corrected chi connectivity index (χ0v) is 16.4. The van der Waals surface area contributed by atoms with Gasteiger partial charge in [-0.05, 0) is 39.7 Å². The molecule has 1 saturated heterocycles. The molecule has 1 aromatic carbocycles. The van der Waals surface area contributed by atoms with Gasteiger partial charge in [0.2, 0.25) is 0 Å². The SMILES string of the molecule is CCNC(=O)Nc1cccc2c1[nH]c1ncnc(N3CCC[C@@H]3C(C)(C)O)c12. The predicted molar refractivity (Wildman–Crippen MR) is 111 cm³/mol. The van der Waals surface area contributed by atoms with Crippen molar-refractivity contribution < 1.29 is 9.90 Å². The lowest BCUT2D eigenvalue weighted by Gasteiger charge is -2.34. The van der Waals surface area contributed by atoms with Crippen LogP contribution in [-0.4, -0.2) is 50.8 Å². The Balaban J connectivity index is 1.85. The number of amides is 2. The zero-order chi connectivity index (χ0) is 19.9. The quantitative estimate of drug-likeness (QED) is 0.555. The van der Waals surface area contributed by atoms with Gasteiger partial charge in [0, 0.05) is 18.5 Å². The smallest absolute Gasteiger partial charge is 0.319 e. The Labute approximate surface area is 163 Å². The van der Waals surface area contributed by atoms with Crippen LogP contribution >= 0.6 is 0 Å². The van der Waals surface area contributed by atoms with E-state index in [0.29, 0.717) is 17.9 Å². The van der Waals surface area contributed by atoms with Gasteiger partial charge < -0.3 is 25.6 Å². The number of hydrogen-bond acceptors (Lipinski definition) is 5. The van der Waals surface area contributed by atoms with Gasteiger partial charge in [-0.2, -0.15) is 0 Å². The van der Waals surface area contributed by atoms with Crippen LogP contribution in [0, 0.1) is 0 Å². The highest BCUT2D eigenvalue weighted by Gasteiger charge is 2.37. The number of H-pyrrole nitrogens is 1. The first-order chi connectivity index (χ1) is 13.4. The molecule has 1 aliphatic heterocycles. The first-order valence-corrected chi connectivity index (χ1v) is 9.69. The lowest BCUT2D eigenvalue weighted by Crippen LogP contribution is -2.46. The summed E-state index contributed by atoms with van der Waals surface area (Å²) < 4.78 is 0. The molecule has 1 aliphatic rings. The van der Waals surface area contributed by atoms with E-state index in [1.54, 1.807) is 6.33 Å². The minimum absolute atomic E-state index is 0.00723. The molecule has 1 atom stereocenters. The fraction of sp³-hybridized carbons (Fsp3) is 0.450. The van der Waals surface area contributed by atoms with Crippen molar-refractivity contribution in [1.29, 1.82) is 0 Å². The molecule has 3 aromatic rings. The second-order valence-corrected chi connectivity index (χ2v) is 7.76. The predicted octanol–water partition coefficient (Wildman–Crippen LogP) is 2.99. The summed E-state index contributed by atoms with van der Waals surface area (Å²) in [5.74, 6) is 0.816. The minimum Gasteiger partial charge on any atom is -0.388 e. The first-order valence-electron chi connectivity index (χ1n) is 9.69. The summed E-state index contributed by atoms with van der Waals surface area (Å²) >= 11 is 0. The lowest BCUT2D eigenvalue weighted by molar-refractivity contribution is 0.0533. The number of para-hydroxylation sites is 1. The number of aromatic amines is 1. The number of nitrogens with zero attached hydrogens (tertiary/aromatic N) is 3. The summed E-state index contributed by atoms with van der Waals surface area (Å²) in [5.41, 5.74) is 1.38. The van der Waals surface area contributed by atoms with E-state index >= 15 is 0 Å². The number of fused-ring (bicyclic) bond motifs is 3. The molecule has 3 heterocycles. The van der Waals surface area contributed by atoms with Crippen LogP contribution in [-0.2, 0) is 0 Å². The van der Waals surface area contributed by atoms with Crippen molar-refractivity contribution in [3.63, 3.8) is 0 Å². The Morgan fingerprint density at radius 3 is 2.96 bits per heavy atom. The summed E-state index contributed by atoms with van der Waals surface area (Å²) in [6.45, 7) is 6.96. The van der Waals surface area contributed by atoms with Crippen LogP contribution < -0.4 is 15.5 Å². The monoisotopic (exact) mass is 382 g/mol. The highest BCUT2D eigenvalue weighted by molar-refractivity contribution is 6.15. The fourth-order valence-corrected chi connectivity index (χ4v) is 4.14. The molecule has 28 heavy (non-hydrogen) atoms. The van der Waals surface area contributed by atoms with E-state index in [0.717, 1.165) is 41.5 Å². The van der Waals surface area contributed by atoms with Crippen molar-refractivity contribution in [2.45, 2.75) is 45.3 Å². The van der Waals surface area contributed by atoms with Crippen LogP contribution in [0.5, 0.6) is 0 Å². The number of carbonyl (C=O) groups is 1. The summed E-state index contributed by atoms with van der Waals surface area (Å²) in [5, 5.41) is 18.1. The second-order valence-electron chi connectivity index (χ2n) is 7.76. The van der Waals surface area contributed by atoms with Crippen LogP contribution in [0.25, 0.3) is 21.9 Å². The summed E-state index contributed by atoms with van der Waals surface area (Å²) in [6, 6.07) is 5.51. The Bertz CT molecular complexity index is 1020. The van der Waals surface area contributed by atoms with Crippen LogP contribution in [0.1, 0.15) is 33.6 Å². The number of aromatic nitrogens is 3. The summed E-state index contributed by atoms with van der Waals surface area (Å²) in [6.07, 6.45) is 3.47. The van der Waals surface area contributed by atoms with E-state index in [9.17, 15) is 9.90 Å². The van der Waals surface area contributed by atoms with Gasteiger partial charge in [0.05, 0.1) is 28.2 Å². The van der Waals surface area contributed by atoms with Crippen molar-refractivity contribution >= 4 is 39.5 Å². The number of hydrogen-bond donors (Lipinski definition) is 4. The van der Waals surface area contributed by atoms with Gasteiger partial charge in [-0.3, -0.25) is 0 Å². The molecule has 1 fully saturated rings. The maximum Gasteiger partial charge on any atom is 0.319 e. The number of urea groups is 1. The van der Waals surface area contributed by atoms with E-state index in [4.69, 9.17) is 0 Å². The van der Waals surface area contributed by atoms with E-state index in [-0.39, 0.29) is 12.1 Å². The average Bonchev–Trinajstić information content (AvgIpc) is 3.27. The topological polar surface area (TPSA) is 106 Å². The number of benzene rings is 1. The number of rotatable bonds is 4. The molecule has 8 nitrogen and oxygen atoms in total. The molecule has 0 aliphatic carbocycles. The molecule has 8 heteroatoms. The van der Waals surface area contributed by atoms with Gasteiger partial charge >= 0.3 is 6.03 Å². The maximum atomic E-state index is 12.0. The molecule has 4 N–H and O–H groups in total. The molecule has 4 rings (SSSR count). The minimum atomic E-state index is -0.829. The molecule has 0 unspecified atom stereocenters. The van der Waals surface area contributed by atoms with Gasteiger partial charge in [-0.15, -0.1) is 0 Å². The molecule has 0 radical (unpaired) electrons. The normalized spacial score (nSPS) is 17.4.